The molecule has 4 aliphatic rings. The van der Waals surface area contributed by atoms with Crippen molar-refractivity contribution >= 4 is 23.5 Å². The summed E-state index contributed by atoms with van der Waals surface area (Å²) in [6, 6.07) is 0. The molecule has 1 unspecified atom stereocenters. The topological polar surface area (TPSA) is 63.6 Å². The first kappa shape index (κ1) is 21.1. The smallest absolute Gasteiger partial charge is 0.303 e. The first-order chi connectivity index (χ1) is 13.5. The van der Waals surface area contributed by atoms with Crippen molar-refractivity contribution in [3.05, 3.63) is 23.8 Å². The van der Waals surface area contributed by atoms with Crippen molar-refractivity contribution in [1.82, 2.24) is 0 Å². The molecule has 4 aliphatic carbocycles. The summed E-state index contributed by atoms with van der Waals surface area (Å²) in [7, 11) is 0. The average molecular weight is 423 g/mol. The van der Waals surface area contributed by atoms with Gasteiger partial charge in [-0.25, -0.2) is 4.39 Å². The molecule has 0 bridgehead atoms. The Labute approximate surface area is 176 Å². The number of carbonyl (C=O) groups excluding carboxylic acids is 2. The van der Waals surface area contributed by atoms with Gasteiger partial charge in [-0.05, 0) is 69.4 Å². The number of ketones is 1. The molecule has 0 saturated heterocycles. The van der Waals surface area contributed by atoms with Gasteiger partial charge in [-0.2, -0.15) is 0 Å². The Kier molecular flexibility index (Phi) is 4.86. The third-order valence-corrected chi connectivity index (χ3v) is 10.4. The highest BCUT2D eigenvalue weighted by Crippen LogP contribution is 2.71. The molecule has 0 aliphatic heterocycles. The Hall–Kier alpha value is -1.14. The van der Waals surface area contributed by atoms with Gasteiger partial charge in [0.15, 0.2) is 11.5 Å². The Morgan fingerprint density at radius 1 is 1.31 bits per heavy atom. The molecule has 160 valence electrons. The van der Waals surface area contributed by atoms with Crippen molar-refractivity contribution < 1.29 is 23.8 Å². The lowest BCUT2D eigenvalue weighted by molar-refractivity contribution is -0.191. The van der Waals surface area contributed by atoms with Crippen LogP contribution in [0, 0.1) is 22.7 Å². The highest BCUT2D eigenvalue weighted by Gasteiger charge is 2.72. The van der Waals surface area contributed by atoms with Crippen LogP contribution in [0.15, 0.2) is 23.8 Å². The number of halogens is 1. The van der Waals surface area contributed by atoms with Gasteiger partial charge in [0.2, 0.25) is 0 Å². The number of thioether (sulfide) groups is 1. The number of allylic oxidation sites excluding steroid dienone is 4. The number of esters is 1. The van der Waals surface area contributed by atoms with Crippen molar-refractivity contribution in [2.45, 2.75) is 76.3 Å². The van der Waals surface area contributed by atoms with Crippen LogP contribution >= 0.6 is 11.8 Å². The molecule has 3 fully saturated rings. The van der Waals surface area contributed by atoms with Crippen LogP contribution in [0.5, 0.6) is 0 Å². The summed E-state index contributed by atoms with van der Waals surface area (Å²) in [5.74, 6) is -0.219. The lowest BCUT2D eigenvalue weighted by Crippen LogP contribution is -2.67. The molecule has 0 aromatic rings. The zero-order valence-electron chi connectivity index (χ0n) is 17.7. The molecule has 4 nitrogen and oxygen atoms in total. The normalized spacial score (nSPS) is 48.4. The number of hydrogen-bond donors (Lipinski definition) is 1. The van der Waals surface area contributed by atoms with E-state index in [-0.39, 0.29) is 39.7 Å². The first-order valence-corrected chi connectivity index (χ1v) is 11.5. The monoisotopic (exact) mass is 422 g/mol. The van der Waals surface area contributed by atoms with Gasteiger partial charge >= 0.3 is 5.97 Å². The molecule has 7 atom stereocenters. The van der Waals surface area contributed by atoms with E-state index in [1.807, 2.05) is 6.92 Å². The first-order valence-electron chi connectivity index (χ1n) is 10.6. The van der Waals surface area contributed by atoms with Crippen LogP contribution in [-0.2, 0) is 14.3 Å². The Morgan fingerprint density at radius 2 is 2.03 bits per heavy atom. The fraction of sp³-hybridized carbons (Fsp3) is 0.739. The maximum atomic E-state index is 16.9. The fourth-order valence-corrected chi connectivity index (χ4v) is 8.21. The van der Waals surface area contributed by atoms with E-state index >= 15 is 4.39 Å². The number of rotatable bonds is 3. The van der Waals surface area contributed by atoms with E-state index in [4.69, 9.17) is 4.74 Å². The number of hydrogen-bond acceptors (Lipinski definition) is 5. The van der Waals surface area contributed by atoms with Crippen LogP contribution in [0.3, 0.4) is 0 Å². The van der Waals surface area contributed by atoms with E-state index in [0.29, 0.717) is 19.3 Å². The number of carbonyl (C=O) groups is 2. The predicted octanol–water partition coefficient (Wildman–Crippen LogP) is 4.37. The molecule has 6 heteroatoms. The van der Waals surface area contributed by atoms with Crippen molar-refractivity contribution in [1.29, 1.82) is 0 Å². The molecular weight excluding hydrogens is 391 g/mol. The second-order valence-electron chi connectivity index (χ2n) is 9.93. The fourth-order valence-electron chi connectivity index (χ4n) is 6.89. The maximum Gasteiger partial charge on any atom is 0.303 e. The standard InChI is InChI=1S/C23H31FO4S/c1-14(25)28-13-29-22(4)10-8-17-18-6-5-15-11-16(26)7-9-20(15,2)23(18,24)19(27)12-21(17,22)3/h7,9,11,17-19,27H,5-6,8,10,12-13H2,1-4H3/t17-,18-,19-,20-,21-,22+,23?/m0/s1. The highest BCUT2D eigenvalue weighted by molar-refractivity contribution is 8.00. The molecule has 1 N–H and O–H groups in total. The lowest BCUT2D eigenvalue weighted by Gasteiger charge is -2.63. The van der Waals surface area contributed by atoms with Crippen LogP contribution in [0.2, 0.25) is 0 Å². The van der Waals surface area contributed by atoms with Crippen LogP contribution in [0.1, 0.15) is 59.8 Å². The third-order valence-electron chi connectivity index (χ3n) is 8.81. The Bertz CT molecular complexity index is 809. The van der Waals surface area contributed by atoms with Crippen LogP contribution < -0.4 is 0 Å². The van der Waals surface area contributed by atoms with Gasteiger partial charge in [0.05, 0.1) is 6.10 Å². The van der Waals surface area contributed by atoms with Crippen LogP contribution in [-0.4, -0.2) is 39.3 Å². The third kappa shape index (κ3) is 2.74. The molecule has 0 aromatic heterocycles. The molecule has 0 amide bonds. The second-order valence-corrected chi connectivity index (χ2v) is 11.4. The summed E-state index contributed by atoms with van der Waals surface area (Å²) in [6.45, 7) is 7.61. The minimum absolute atomic E-state index is 0.0926. The van der Waals surface area contributed by atoms with Crippen molar-refractivity contribution in [3.63, 3.8) is 0 Å². The number of alkyl halides is 1. The van der Waals surface area contributed by atoms with Crippen LogP contribution in [0.4, 0.5) is 4.39 Å². The summed E-state index contributed by atoms with van der Waals surface area (Å²) in [5, 5.41) is 11.3. The minimum Gasteiger partial charge on any atom is -0.455 e. The van der Waals surface area contributed by atoms with Gasteiger partial charge in [-0.3, -0.25) is 9.59 Å². The minimum atomic E-state index is -1.77. The van der Waals surface area contributed by atoms with Gasteiger partial charge in [0, 0.05) is 23.0 Å². The van der Waals surface area contributed by atoms with E-state index in [0.717, 1.165) is 18.4 Å². The van der Waals surface area contributed by atoms with Gasteiger partial charge in [0.1, 0.15) is 5.94 Å². The average Bonchev–Trinajstić information content (AvgIpc) is 2.88. The molecule has 3 saturated carbocycles. The van der Waals surface area contributed by atoms with Crippen molar-refractivity contribution in [2.24, 2.45) is 22.7 Å². The number of aliphatic hydroxyl groups is 1. The summed E-state index contributed by atoms with van der Waals surface area (Å²) in [6.07, 6.45) is 7.17. The maximum absolute atomic E-state index is 16.9. The van der Waals surface area contributed by atoms with Crippen molar-refractivity contribution in [3.8, 4) is 0 Å². The summed E-state index contributed by atoms with van der Waals surface area (Å²) >= 11 is 1.62. The zero-order valence-corrected chi connectivity index (χ0v) is 18.5. The van der Waals surface area contributed by atoms with E-state index in [1.165, 1.54) is 13.0 Å². The number of aliphatic hydroxyl groups excluding tert-OH is 1. The molecule has 0 heterocycles. The van der Waals surface area contributed by atoms with Gasteiger partial charge in [-0.15, -0.1) is 11.8 Å². The van der Waals surface area contributed by atoms with Gasteiger partial charge in [-0.1, -0.05) is 18.6 Å². The lowest BCUT2D eigenvalue weighted by atomic mass is 9.45. The van der Waals surface area contributed by atoms with Crippen molar-refractivity contribution in [2.75, 3.05) is 5.94 Å². The SMILES string of the molecule is CC(=O)OCS[C@]1(C)CC[C@H]2[C@@H]3CCC4=CC(=O)C=C[C@]4(C)C3(F)[C@@H](O)C[C@@]21C. The molecule has 0 radical (unpaired) electrons. The van der Waals surface area contributed by atoms with Gasteiger partial charge < -0.3 is 9.84 Å². The second kappa shape index (κ2) is 6.68. The Balaban J connectivity index is 1.68. The largest absolute Gasteiger partial charge is 0.455 e. The number of ether oxygens (including phenoxy) is 1. The van der Waals surface area contributed by atoms with E-state index < -0.39 is 17.2 Å². The highest BCUT2D eigenvalue weighted by atomic mass is 32.2. The number of fused-ring (bicyclic) bond motifs is 5. The summed E-state index contributed by atoms with van der Waals surface area (Å²) in [4.78, 5) is 23.1. The predicted molar refractivity (Wildman–Crippen MR) is 111 cm³/mol. The summed E-state index contributed by atoms with van der Waals surface area (Å²) < 4.78 is 21.9. The quantitative estimate of drug-likeness (QED) is 0.540. The van der Waals surface area contributed by atoms with E-state index in [9.17, 15) is 14.7 Å². The van der Waals surface area contributed by atoms with Gasteiger partial charge in [0.25, 0.3) is 0 Å². The molecule has 29 heavy (non-hydrogen) atoms. The molecule has 4 rings (SSSR count). The van der Waals surface area contributed by atoms with E-state index in [2.05, 4.69) is 13.8 Å². The summed E-state index contributed by atoms with van der Waals surface area (Å²) in [5.41, 5.74) is -2.14. The molecule has 0 aromatic carbocycles. The molecular formula is C23H31FO4S. The molecule has 0 spiro atoms. The zero-order chi connectivity index (χ0) is 21.2. The van der Waals surface area contributed by atoms with E-state index in [1.54, 1.807) is 23.9 Å². The van der Waals surface area contributed by atoms with Crippen LogP contribution in [0.25, 0.3) is 0 Å². The Morgan fingerprint density at radius 3 is 2.72 bits per heavy atom.